The maximum absolute atomic E-state index is 14.7. The van der Waals surface area contributed by atoms with Crippen LogP contribution in [-0.2, 0) is 14.8 Å². The lowest BCUT2D eigenvalue weighted by molar-refractivity contribution is 0.0210. The normalized spacial score (nSPS) is 22.4. The van der Waals surface area contributed by atoms with Crippen molar-refractivity contribution in [3.05, 3.63) is 89.0 Å². The van der Waals surface area contributed by atoms with Crippen molar-refractivity contribution < 1.29 is 22.7 Å². The number of rotatable bonds is 6. The second-order valence-corrected chi connectivity index (χ2v) is 15.8. The fourth-order valence-electron chi connectivity index (χ4n) is 7.49. The average molecular weight is 697 g/mol. The van der Waals surface area contributed by atoms with Gasteiger partial charge in [-0.15, -0.1) is 0 Å². The largest absolute Gasteiger partial charge is 0.475 e. The molecule has 2 unspecified atom stereocenters. The molecule has 0 spiro atoms. The van der Waals surface area contributed by atoms with Gasteiger partial charge in [-0.3, -0.25) is 14.8 Å². The van der Waals surface area contributed by atoms with Gasteiger partial charge in [0.15, 0.2) is 0 Å². The van der Waals surface area contributed by atoms with Crippen molar-refractivity contribution in [1.82, 2.24) is 24.8 Å². The van der Waals surface area contributed by atoms with Crippen LogP contribution in [-0.4, -0.2) is 71.1 Å². The van der Waals surface area contributed by atoms with E-state index in [0.29, 0.717) is 18.0 Å². The monoisotopic (exact) mass is 696 g/mol. The first-order valence-electron chi connectivity index (χ1n) is 17.5. The van der Waals surface area contributed by atoms with Crippen molar-refractivity contribution in [3.63, 3.8) is 0 Å². The Morgan fingerprint density at radius 3 is 2.32 bits per heavy atom. The average Bonchev–Trinajstić information content (AvgIpc) is 3.08. The summed E-state index contributed by atoms with van der Waals surface area (Å²) in [7, 11) is -4.16. The number of carbonyl (C=O) groups is 1. The molecular weight excluding hydrogens is 653 g/mol. The molecule has 1 saturated heterocycles. The van der Waals surface area contributed by atoms with Gasteiger partial charge in [0.1, 0.15) is 6.61 Å². The van der Waals surface area contributed by atoms with Gasteiger partial charge in [-0.1, -0.05) is 38.1 Å². The molecule has 1 amide bonds. The Morgan fingerprint density at radius 1 is 0.920 bits per heavy atom. The van der Waals surface area contributed by atoms with Gasteiger partial charge in [0.05, 0.1) is 28.0 Å². The molecule has 1 N–H and O–H groups in total. The van der Waals surface area contributed by atoms with Gasteiger partial charge >= 0.3 is 0 Å². The first kappa shape index (κ1) is 34.0. The predicted octanol–water partition coefficient (Wildman–Crippen LogP) is 6.44. The van der Waals surface area contributed by atoms with Gasteiger partial charge in [-0.05, 0) is 81.2 Å². The van der Waals surface area contributed by atoms with Crippen molar-refractivity contribution in [3.8, 4) is 17.1 Å². The fraction of sp³-hybridized carbons (Fsp3) is 0.447. The van der Waals surface area contributed by atoms with Crippen LogP contribution in [0.2, 0.25) is 0 Å². The molecule has 1 saturated carbocycles. The molecule has 0 radical (unpaired) electrons. The van der Waals surface area contributed by atoms with Crippen molar-refractivity contribution in [2.45, 2.75) is 88.6 Å². The summed E-state index contributed by atoms with van der Waals surface area (Å²) in [6, 6.07) is 13.4. The highest BCUT2D eigenvalue weighted by Crippen LogP contribution is 2.42. The maximum atomic E-state index is 14.7. The summed E-state index contributed by atoms with van der Waals surface area (Å²) in [5.74, 6) is 0.441. The number of carbonyl (C=O) groups excluding carboxylic acids is 1. The number of fused-ring (bicyclic) bond motifs is 4. The number of anilines is 1. The van der Waals surface area contributed by atoms with Crippen LogP contribution >= 0.6 is 0 Å². The van der Waals surface area contributed by atoms with E-state index in [4.69, 9.17) is 19.4 Å². The summed E-state index contributed by atoms with van der Waals surface area (Å²) in [5.41, 5.74) is 5.53. The van der Waals surface area contributed by atoms with E-state index >= 15 is 0 Å². The molecule has 3 atom stereocenters. The van der Waals surface area contributed by atoms with Gasteiger partial charge < -0.3 is 14.4 Å². The summed E-state index contributed by atoms with van der Waals surface area (Å²) in [6.07, 6.45) is 7.94. The topological polar surface area (TPSA) is 136 Å². The number of hydrogen-bond donors (Lipinski definition) is 1. The van der Waals surface area contributed by atoms with Crippen LogP contribution in [0.4, 0.5) is 5.95 Å². The first-order chi connectivity index (χ1) is 24.1. The summed E-state index contributed by atoms with van der Waals surface area (Å²) < 4.78 is 42.0. The Labute approximate surface area is 293 Å². The number of aryl methyl sites for hydroxylation is 2. The number of amides is 1. The van der Waals surface area contributed by atoms with Crippen LogP contribution in [0.3, 0.4) is 0 Å². The number of benzene rings is 2. The highest BCUT2D eigenvalue weighted by Gasteiger charge is 2.44. The Hall–Kier alpha value is -4.42. The summed E-state index contributed by atoms with van der Waals surface area (Å²) in [5, 5.41) is 0. The summed E-state index contributed by atoms with van der Waals surface area (Å²) in [6.45, 7) is 9.86. The Bertz CT molecular complexity index is 1960. The van der Waals surface area contributed by atoms with Gasteiger partial charge in [0.2, 0.25) is 11.8 Å². The third-order valence-electron chi connectivity index (χ3n) is 10.2. The molecule has 2 aromatic carbocycles. The van der Waals surface area contributed by atoms with Crippen molar-refractivity contribution in [2.24, 2.45) is 5.92 Å². The van der Waals surface area contributed by atoms with E-state index in [2.05, 4.69) is 28.5 Å². The number of sulfonamides is 1. The van der Waals surface area contributed by atoms with Crippen molar-refractivity contribution in [2.75, 3.05) is 24.5 Å². The van der Waals surface area contributed by atoms with E-state index in [-0.39, 0.29) is 58.7 Å². The molecule has 1 aliphatic carbocycles. The van der Waals surface area contributed by atoms with E-state index in [1.54, 1.807) is 18.2 Å². The second kappa shape index (κ2) is 14.1. The lowest BCUT2D eigenvalue weighted by atomic mass is 9.75. The highest BCUT2D eigenvalue weighted by molar-refractivity contribution is 7.92. The number of hydrogen-bond acceptors (Lipinski definition) is 9. The quantitative estimate of drug-likeness (QED) is 0.242. The number of nitrogens with one attached hydrogen (secondary N) is 1. The molecule has 2 aromatic heterocycles. The molecule has 262 valence electrons. The van der Waals surface area contributed by atoms with E-state index in [1.807, 2.05) is 49.3 Å². The zero-order chi connectivity index (χ0) is 35.0. The summed E-state index contributed by atoms with van der Waals surface area (Å²) in [4.78, 5) is 35.4. The second-order valence-electron chi connectivity index (χ2n) is 14.1. The van der Waals surface area contributed by atoms with Gasteiger partial charge in [0, 0.05) is 60.7 Å². The molecule has 12 heteroatoms. The SMILES string of the molecule is Cc1cccc(C)c1-c1cc2nc(n1)NS(=O)(=O)c1cccc(c1)C(=O)N(C1CCC1c1cnc(C3CCOCC3)cn1)[C@H](CC(C)C)CO2. The van der Waals surface area contributed by atoms with E-state index in [9.17, 15) is 13.2 Å². The molecule has 4 heterocycles. The van der Waals surface area contributed by atoms with Gasteiger partial charge in [-0.25, -0.2) is 18.1 Å². The Balaban J connectivity index is 1.29. The van der Waals surface area contributed by atoms with Gasteiger partial charge in [0.25, 0.3) is 15.9 Å². The Morgan fingerprint density at radius 2 is 1.64 bits per heavy atom. The lowest BCUT2D eigenvalue weighted by Gasteiger charge is -2.47. The zero-order valence-electron chi connectivity index (χ0n) is 29.0. The molecular formula is C38H44N6O5S. The molecule has 50 heavy (non-hydrogen) atoms. The van der Waals surface area contributed by atoms with E-state index in [0.717, 1.165) is 67.0 Å². The number of aromatic nitrogens is 4. The molecule has 3 aliphatic rings. The smallest absolute Gasteiger partial charge is 0.264 e. The maximum Gasteiger partial charge on any atom is 0.264 e. The Kier molecular flexibility index (Phi) is 9.58. The predicted molar refractivity (Wildman–Crippen MR) is 190 cm³/mol. The van der Waals surface area contributed by atoms with Crippen LogP contribution < -0.4 is 9.46 Å². The molecule has 4 aromatic rings. The highest BCUT2D eigenvalue weighted by atomic mass is 32.2. The third kappa shape index (κ3) is 6.96. The number of nitrogens with zero attached hydrogens (tertiary/aromatic N) is 5. The molecule has 4 bridgehead atoms. The van der Waals surface area contributed by atoms with Crippen LogP contribution in [0, 0.1) is 19.8 Å². The van der Waals surface area contributed by atoms with Gasteiger partial charge in [-0.2, -0.15) is 4.98 Å². The molecule has 2 fully saturated rings. The summed E-state index contributed by atoms with van der Waals surface area (Å²) >= 11 is 0. The van der Waals surface area contributed by atoms with Crippen molar-refractivity contribution in [1.29, 1.82) is 0 Å². The minimum Gasteiger partial charge on any atom is -0.475 e. The van der Waals surface area contributed by atoms with Crippen LogP contribution in [0.1, 0.15) is 90.7 Å². The van der Waals surface area contributed by atoms with Crippen LogP contribution in [0.5, 0.6) is 5.88 Å². The lowest BCUT2D eigenvalue weighted by Crippen LogP contribution is -2.55. The minimum atomic E-state index is -4.16. The first-order valence-corrected chi connectivity index (χ1v) is 19.0. The number of ether oxygens (including phenoxy) is 2. The van der Waals surface area contributed by atoms with Crippen molar-refractivity contribution >= 4 is 21.9 Å². The van der Waals surface area contributed by atoms with Crippen LogP contribution in [0.15, 0.2) is 65.8 Å². The molecule has 2 aliphatic heterocycles. The third-order valence-corrected chi connectivity index (χ3v) is 11.5. The van der Waals surface area contributed by atoms with E-state index < -0.39 is 10.0 Å². The molecule has 11 nitrogen and oxygen atoms in total. The minimum absolute atomic E-state index is 0.0181. The standard InChI is InChI=1S/C38H44N6O5S/c1-23(2)17-28-22-49-35-19-31(36-24(3)7-5-8-25(36)4)41-38(42-35)43-50(46,47)29-10-6-9-27(18-29)37(45)44(28)34-12-11-30(34)33-21-39-32(20-40-33)26-13-15-48-16-14-26/h5-10,18-21,23,26,28,30,34H,11-17,22H2,1-4H3,(H,41,42,43)/t28-,30?,34?/m1/s1. The fourth-order valence-corrected chi connectivity index (χ4v) is 8.48. The van der Waals surface area contributed by atoms with E-state index in [1.165, 1.54) is 12.1 Å². The molecule has 7 rings (SSSR count). The van der Waals surface area contributed by atoms with Crippen LogP contribution in [0.25, 0.3) is 11.3 Å². The zero-order valence-corrected chi connectivity index (χ0v) is 29.8.